The van der Waals surface area contributed by atoms with Gasteiger partial charge in [-0.15, -0.1) is 0 Å². The number of sulfone groups is 1. The third kappa shape index (κ3) is 9.71. The van der Waals surface area contributed by atoms with E-state index >= 15 is 0 Å². The van der Waals surface area contributed by atoms with Gasteiger partial charge in [0.2, 0.25) is 0 Å². The van der Waals surface area contributed by atoms with E-state index < -0.39 is 53.1 Å². The molecule has 2 rings (SSSR count). The summed E-state index contributed by atoms with van der Waals surface area (Å²) in [7, 11) is -3.10. The summed E-state index contributed by atoms with van der Waals surface area (Å²) in [6.45, 7) is -1.12. The van der Waals surface area contributed by atoms with Crippen molar-refractivity contribution >= 4 is 37.5 Å². The van der Waals surface area contributed by atoms with Crippen LogP contribution < -0.4 is 0 Å². The Labute approximate surface area is 211 Å². The zero-order valence-corrected chi connectivity index (χ0v) is 21.5. The lowest BCUT2D eigenvalue weighted by atomic mass is 9.91. The minimum absolute atomic E-state index is 0.00636. The van der Waals surface area contributed by atoms with Crippen LogP contribution in [0.2, 0.25) is 0 Å². The van der Waals surface area contributed by atoms with E-state index in [0.717, 1.165) is 17.4 Å². The predicted octanol–water partition coefficient (Wildman–Crippen LogP) is 4.91. The molecule has 1 aromatic heterocycles. The Morgan fingerprint density at radius 2 is 1.74 bits per heavy atom. The summed E-state index contributed by atoms with van der Waals surface area (Å²) in [5, 5.41) is 0.555. The third-order valence-corrected chi connectivity index (χ3v) is 6.74. The zero-order chi connectivity index (χ0) is 26.0. The van der Waals surface area contributed by atoms with Crippen LogP contribution in [0.1, 0.15) is 36.6 Å². The Morgan fingerprint density at radius 3 is 2.26 bits per heavy atom. The summed E-state index contributed by atoms with van der Waals surface area (Å²) >= 11 is 3.20. The number of hydrogen-bond donors (Lipinski definition) is 0. The smallest absolute Gasteiger partial charge is 0.306 e. The SMILES string of the molecule is CS(=O)(=O)CCc1ccc(-c2ccc([C@@H](OC(=O)CCCBr)[C@@H](CF)CC(=O)C(F)F)cc2)cn1. The number of rotatable bonds is 14. The molecule has 0 saturated heterocycles. The molecule has 6 nitrogen and oxygen atoms in total. The average molecular weight is 578 g/mol. The van der Waals surface area contributed by atoms with E-state index in [9.17, 15) is 31.2 Å². The summed E-state index contributed by atoms with van der Waals surface area (Å²) < 4.78 is 67.4. The first-order valence-corrected chi connectivity index (χ1v) is 14.1. The molecular formula is C24H27BrF3NO5S. The van der Waals surface area contributed by atoms with E-state index in [4.69, 9.17) is 4.74 Å². The number of ketones is 1. The highest BCUT2D eigenvalue weighted by atomic mass is 79.9. The highest BCUT2D eigenvalue weighted by molar-refractivity contribution is 9.09. The van der Waals surface area contributed by atoms with Crippen molar-refractivity contribution in [1.82, 2.24) is 4.98 Å². The Kier molecular flexibility index (Phi) is 11.4. The fourth-order valence-electron chi connectivity index (χ4n) is 3.34. The van der Waals surface area contributed by atoms with Gasteiger partial charge in [0.05, 0.1) is 12.4 Å². The molecule has 0 unspecified atom stereocenters. The maximum Gasteiger partial charge on any atom is 0.306 e. The third-order valence-electron chi connectivity index (χ3n) is 5.23. The van der Waals surface area contributed by atoms with Gasteiger partial charge in [0.15, 0.2) is 5.78 Å². The van der Waals surface area contributed by atoms with Gasteiger partial charge in [-0.1, -0.05) is 46.3 Å². The molecule has 1 heterocycles. The van der Waals surface area contributed by atoms with Crippen LogP contribution in [0, 0.1) is 5.92 Å². The van der Waals surface area contributed by atoms with Crippen molar-refractivity contribution in [3.8, 4) is 11.1 Å². The van der Waals surface area contributed by atoms with Gasteiger partial charge in [0, 0.05) is 54.2 Å². The molecule has 1 aromatic carbocycles. The summed E-state index contributed by atoms with van der Waals surface area (Å²) in [5.74, 6) is -3.28. The van der Waals surface area contributed by atoms with Crippen LogP contribution in [-0.2, 0) is 30.6 Å². The molecule has 11 heteroatoms. The van der Waals surface area contributed by atoms with E-state index in [1.807, 2.05) is 0 Å². The molecule has 192 valence electrons. The van der Waals surface area contributed by atoms with Crippen molar-refractivity contribution in [1.29, 1.82) is 0 Å². The van der Waals surface area contributed by atoms with Gasteiger partial charge in [-0.25, -0.2) is 17.2 Å². The maximum atomic E-state index is 13.8. The second-order valence-electron chi connectivity index (χ2n) is 8.13. The number of carbonyl (C=O) groups excluding carboxylic acids is 2. The van der Waals surface area contributed by atoms with Crippen molar-refractivity contribution in [2.45, 2.75) is 38.2 Å². The lowest BCUT2D eigenvalue weighted by molar-refractivity contribution is -0.154. The van der Waals surface area contributed by atoms with E-state index in [0.29, 0.717) is 29.4 Å². The molecule has 35 heavy (non-hydrogen) atoms. The molecule has 0 aliphatic carbocycles. The molecule has 0 aliphatic heterocycles. The zero-order valence-electron chi connectivity index (χ0n) is 19.1. The van der Waals surface area contributed by atoms with Gasteiger partial charge < -0.3 is 4.74 Å². The number of aryl methyl sites for hydroxylation is 1. The molecule has 2 atom stereocenters. The van der Waals surface area contributed by atoms with Crippen LogP contribution in [0.25, 0.3) is 11.1 Å². The van der Waals surface area contributed by atoms with Gasteiger partial charge in [-0.2, -0.15) is 0 Å². The Hall–Kier alpha value is -2.27. The molecule has 2 aromatic rings. The fourth-order valence-corrected chi connectivity index (χ4v) is 4.20. The molecule has 0 saturated carbocycles. The highest BCUT2D eigenvalue weighted by Gasteiger charge is 2.31. The van der Waals surface area contributed by atoms with Gasteiger partial charge in [-0.05, 0) is 23.6 Å². The first-order valence-electron chi connectivity index (χ1n) is 10.9. The minimum atomic E-state index is -3.23. The molecule has 0 radical (unpaired) electrons. The Balaban J connectivity index is 2.24. The number of nitrogens with zero attached hydrogens (tertiary/aromatic N) is 1. The summed E-state index contributed by atoms with van der Waals surface area (Å²) in [6, 6.07) is 10.1. The quantitative estimate of drug-likeness (QED) is 0.234. The number of alkyl halides is 4. The van der Waals surface area contributed by atoms with Crippen LogP contribution in [0.4, 0.5) is 13.2 Å². The monoisotopic (exact) mass is 577 g/mol. The summed E-state index contributed by atoms with van der Waals surface area (Å²) in [6.07, 6.45) is -1.61. The largest absolute Gasteiger partial charge is 0.457 e. The van der Waals surface area contributed by atoms with Gasteiger partial charge in [-0.3, -0.25) is 19.0 Å². The normalized spacial score (nSPS) is 13.4. The van der Waals surface area contributed by atoms with Crippen molar-refractivity contribution in [2.75, 3.05) is 24.0 Å². The Morgan fingerprint density at radius 1 is 1.09 bits per heavy atom. The van der Waals surface area contributed by atoms with Crippen LogP contribution in [0.15, 0.2) is 42.6 Å². The van der Waals surface area contributed by atoms with Crippen molar-refractivity contribution in [2.24, 2.45) is 5.92 Å². The number of hydrogen-bond acceptors (Lipinski definition) is 6. The lowest BCUT2D eigenvalue weighted by Crippen LogP contribution is -2.26. The fraction of sp³-hybridized carbons (Fsp3) is 0.458. The molecule has 0 bridgehead atoms. The average Bonchev–Trinajstić information content (AvgIpc) is 2.83. The standard InChI is InChI=1S/C24H27BrF3NO5S/c1-35(32,33)12-10-20-9-8-18(15-29-20)16-4-6-17(7-5-16)23(34-22(31)3-2-11-25)19(14-26)13-21(30)24(27)28/h4-9,15,19,23-24H,2-3,10-14H2,1H3/t19-,23-/m1/s1. The minimum Gasteiger partial charge on any atom is -0.457 e. The highest BCUT2D eigenvalue weighted by Crippen LogP contribution is 2.32. The lowest BCUT2D eigenvalue weighted by Gasteiger charge is -2.25. The topological polar surface area (TPSA) is 90.4 Å². The van der Waals surface area contributed by atoms with Crippen LogP contribution in [0.3, 0.4) is 0 Å². The molecule has 0 aliphatic rings. The van der Waals surface area contributed by atoms with E-state index in [-0.39, 0.29) is 12.2 Å². The number of pyridine rings is 1. The first-order chi connectivity index (χ1) is 16.5. The number of ether oxygens (including phenoxy) is 1. The van der Waals surface area contributed by atoms with Crippen molar-refractivity contribution in [3.05, 3.63) is 53.9 Å². The summed E-state index contributed by atoms with van der Waals surface area (Å²) in [5.41, 5.74) is 2.48. The van der Waals surface area contributed by atoms with Crippen LogP contribution in [0.5, 0.6) is 0 Å². The van der Waals surface area contributed by atoms with Crippen molar-refractivity contribution in [3.63, 3.8) is 0 Å². The van der Waals surface area contributed by atoms with E-state index in [1.165, 1.54) is 0 Å². The number of halogens is 4. The van der Waals surface area contributed by atoms with Crippen LogP contribution >= 0.6 is 15.9 Å². The molecule has 0 spiro atoms. The summed E-state index contributed by atoms with van der Waals surface area (Å²) in [4.78, 5) is 28.1. The van der Waals surface area contributed by atoms with Gasteiger partial charge in [0.25, 0.3) is 6.43 Å². The number of carbonyl (C=O) groups is 2. The number of aromatic nitrogens is 1. The predicted molar refractivity (Wildman–Crippen MR) is 130 cm³/mol. The first kappa shape index (κ1) is 29.0. The van der Waals surface area contributed by atoms with Crippen molar-refractivity contribution < 1.29 is 35.9 Å². The van der Waals surface area contributed by atoms with E-state index in [1.54, 1.807) is 42.6 Å². The maximum absolute atomic E-state index is 13.8. The Bertz CT molecular complexity index is 1080. The van der Waals surface area contributed by atoms with E-state index in [2.05, 4.69) is 20.9 Å². The number of esters is 1. The van der Waals surface area contributed by atoms with Gasteiger partial charge in [0.1, 0.15) is 15.9 Å². The number of benzene rings is 1. The molecule has 0 amide bonds. The molecule has 0 N–H and O–H groups in total. The number of Topliss-reactive ketones (excluding diaryl/α,β-unsaturated/α-hetero) is 1. The van der Waals surface area contributed by atoms with Crippen LogP contribution in [-0.4, -0.2) is 55.6 Å². The molecule has 0 fully saturated rings. The second kappa shape index (κ2) is 13.7. The van der Waals surface area contributed by atoms with Gasteiger partial charge >= 0.3 is 5.97 Å². The second-order valence-corrected chi connectivity index (χ2v) is 11.2. The molecular weight excluding hydrogens is 551 g/mol.